The third kappa shape index (κ3) is 4.04. The first-order valence-electron chi connectivity index (χ1n) is 6.67. The number of carboxylic acid groups (broad SMARTS) is 1. The van der Waals surface area contributed by atoms with E-state index in [0.717, 1.165) is 19.3 Å². The molecule has 2 rings (SSSR count). The average Bonchev–Trinajstić information content (AvgIpc) is 2.97. The SMILES string of the molecule is O=C(O)CCCS(=O)(=O)NC1CCCC1n1ccnc1. The molecule has 0 aliphatic heterocycles. The van der Waals surface area contributed by atoms with Crippen molar-refractivity contribution < 1.29 is 18.3 Å². The van der Waals surface area contributed by atoms with E-state index in [1.807, 2.05) is 10.8 Å². The first kappa shape index (κ1) is 15.0. The van der Waals surface area contributed by atoms with Crippen LogP contribution in [0.1, 0.15) is 38.1 Å². The van der Waals surface area contributed by atoms with Crippen LogP contribution in [-0.2, 0) is 14.8 Å². The second-order valence-electron chi connectivity index (χ2n) is 5.05. The summed E-state index contributed by atoms with van der Waals surface area (Å²) < 4.78 is 28.5. The van der Waals surface area contributed by atoms with Gasteiger partial charge in [-0.15, -0.1) is 0 Å². The molecule has 1 aliphatic rings. The summed E-state index contributed by atoms with van der Waals surface area (Å²) in [5.41, 5.74) is 0. The van der Waals surface area contributed by atoms with E-state index in [9.17, 15) is 13.2 Å². The van der Waals surface area contributed by atoms with Gasteiger partial charge >= 0.3 is 5.97 Å². The van der Waals surface area contributed by atoms with Gasteiger partial charge in [-0.2, -0.15) is 0 Å². The summed E-state index contributed by atoms with van der Waals surface area (Å²) in [6, 6.07) is -0.0502. The van der Waals surface area contributed by atoms with Crippen molar-refractivity contribution in [3.8, 4) is 0 Å². The van der Waals surface area contributed by atoms with Crippen LogP contribution in [-0.4, -0.2) is 40.8 Å². The number of sulfonamides is 1. The lowest BCUT2D eigenvalue weighted by atomic mass is 10.2. The number of hydrogen-bond donors (Lipinski definition) is 2. The zero-order chi connectivity index (χ0) is 14.6. The lowest BCUT2D eigenvalue weighted by Crippen LogP contribution is -2.39. The minimum absolute atomic E-state index is 0.0896. The van der Waals surface area contributed by atoms with Crippen LogP contribution >= 0.6 is 0 Å². The van der Waals surface area contributed by atoms with Gasteiger partial charge in [0.15, 0.2) is 0 Å². The summed E-state index contributed by atoms with van der Waals surface area (Å²) in [6.45, 7) is 0. The Morgan fingerprint density at radius 1 is 1.45 bits per heavy atom. The normalized spacial score (nSPS) is 23.0. The van der Waals surface area contributed by atoms with Gasteiger partial charge in [0.2, 0.25) is 10.0 Å². The molecule has 1 heterocycles. The van der Waals surface area contributed by atoms with Gasteiger partial charge in [0.1, 0.15) is 0 Å². The Morgan fingerprint density at radius 3 is 2.90 bits per heavy atom. The average molecular weight is 301 g/mol. The number of carbonyl (C=O) groups is 1. The minimum Gasteiger partial charge on any atom is -0.481 e. The molecule has 112 valence electrons. The maximum atomic E-state index is 12.0. The Kier molecular flexibility index (Phi) is 4.77. The molecule has 0 bridgehead atoms. The molecule has 0 radical (unpaired) electrons. The van der Waals surface area contributed by atoms with Crippen LogP contribution in [0.3, 0.4) is 0 Å². The lowest BCUT2D eigenvalue weighted by Gasteiger charge is -2.22. The predicted molar refractivity (Wildman–Crippen MR) is 72.7 cm³/mol. The number of aromatic nitrogens is 2. The van der Waals surface area contributed by atoms with Gasteiger partial charge in [-0.25, -0.2) is 18.1 Å². The van der Waals surface area contributed by atoms with Crippen LogP contribution in [0.25, 0.3) is 0 Å². The second-order valence-corrected chi connectivity index (χ2v) is 6.92. The highest BCUT2D eigenvalue weighted by Crippen LogP contribution is 2.30. The van der Waals surface area contributed by atoms with Crippen molar-refractivity contribution in [1.29, 1.82) is 0 Å². The van der Waals surface area contributed by atoms with Crippen LogP contribution in [0.15, 0.2) is 18.7 Å². The number of aliphatic carboxylic acids is 1. The highest BCUT2D eigenvalue weighted by molar-refractivity contribution is 7.89. The standard InChI is InChI=1S/C12H19N3O4S/c16-12(17)5-2-8-20(18,19)14-10-3-1-4-11(10)15-7-6-13-9-15/h6-7,9-11,14H,1-5,8H2,(H,16,17). The van der Waals surface area contributed by atoms with Gasteiger partial charge in [0.05, 0.1) is 18.1 Å². The molecule has 0 amide bonds. The van der Waals surface area contributed by atoms with E-state index in [-0.39, 0.29) is 30.7 Å². The number of rotatable bonds is 7. The van der Waals surface area contributed by atoms with Crippen LogP contribution in [0.4, 0.5) is 0 Å². The van der Waals surface area contributed by atoms with Crippen molar-refractivity contribution in [2.75, 3.05) is 5.75 Å². The van der Waals surface area contributed by atoms with Crippen molar-refractivity contribution in [3.63, 3.8) is 0 Å². The molecule has 0 spiro atoms. The Morgan fingerprint density at radius 2 is 2.25 bits per heavy atom. The maximum absolute atomic E-state index is 12.0. The van der Waals surface area contributed by atoms with Crippen molar-refractivity contribution in [2.24, 2.45) is 0 Å². The molecule has 1 aromatic heterocycles. The molecule has 1 aromatic rings. The third-order valence-corrected chi connectivity index (χ3v) is 5.01. The van der Waals surface area contributed by atoms with Crippen molar-refractivity contribution in [1.82, 2.24) is 14.3 Å². The van der Waals surface area contributed by atoms with Gasteiger partial charge in [0.25, 0.3) is 0 Å². The summed E-state index contributed by atoms with van der Waals surface area (Å²) in [5.74, 6) is -1.12. The molecule has 0 saturated heterocycles. The summed E-state index contributed by atoms with van der Waals surface area (Å²) in [7, 11) is -3.43. The van der Waals surface area contributed by atoms with Crippen LogP contribution < -0.4 is 4.72 Å². The molecule has 2 atom stereocenters. The zero-order valence-electron chi connectivity index (χ0n) is 11.1. The zero-order valence-corrected chi connectivity index (χ0v) is 11.9. The van der Waals surface area contributed by atoms with E-state index in [2.05, 4.69) is 9.71 Å². The monoisotopic (exact) mass is 301 g/mol. The summed E-state index contributed by atoms with van der Waals surface area (Å²) in [5, 5.41) is 8.54. The molecular weight excluding hydrogens is 282 g/mol. The second kappa shape index (κ2) is 6.36. The number of nitrogens with one attached hydrogen (secondary N) is 1. The smallest absolute Gasteiger partial charge is 0.303 e. The summed E-state index contributed by atoms with van der Waals surface area (Å²) in [6.07, 6.45) is 7.88. The molecule has 0 aromatic carbocycles. The number of hydrogen-bond acceptors (Lipinski definition) is 4. The molecular formula is C12H19N3O4S. The Labute approximate surface area is 118 Å². The van der Waals surface area contributed by atoms with Gasteiger partial charge in [-0.1, -0.05) is 0 Å². The van der Waals surface area contributed by atoms with Crippen LogP contribution in [0.5, 0.6) is 0 Å². The Bertz CT molecular complexity index is 541. The molecule has 2 N–H and O–H groups in total. The van der Waals surface area contributed by atoms with Gasteiger partial charge in [-0.3, -0.25) is 4.79 Å². The maximum Gasteiger partial charge on any atom is 0.303 e. The predicted octanol–water partition coefficient (Wildman–Crippen LogP) is 0.761. The molecule has 8 heteroatoms. The van der Waals surface area contributed by atoms with Crippen molar-refractivity contribution in [2.45, 2.75) is 44.2 Å². The quantitative estimate of drug-likeness (QED) is 0.774. The van der Waals surface area contributed by atoms with E-state index in [4.69, 9.17) is 5.11 Å². The Hall–Kier alpha value is -1.41. The largest absolute Gasteiger partial charge is 0.481 e. The number of imidazole rings is 1. The Balaban J connectivity index is 1.92. The van der Waals surface area contributed by atoms with E-state index < -0.39 is 16.0 Å². The highest BCUT2D eigenvalue weighted by atomic mass is 32.2. The fourth-order valence-electron chi connectivity index (χ4n) is 2.60. The molecule has 20 heavy (non-hydrogen) atoms. The topological polar surface area (TPSA) is 101 Å². The van der Waals surface area contributed by atoms with Gasteiger partial charge in [-0.05, 0) is 25.7 Å². The summed E-state index contributed by atoms with van der Waals surface area (Å²) >= 11 is 0. The molecule has 2 unspecified atom stereocenters. The highest BCUT2D eigenvalue weighted by Gasteiger charge is 2.31. The van der Waals surface area contributed by atoms with Crippen molar-refractivity contribution in [3.05, 3.63) is 18.7 Å². The molecule has 1 saturated carbocycles. The summed E-state index contributed by atoms with van der Waals surface area (Å²) in [4.78, 5) is 14.4. The molecule has 1 fully saturated rings. The van der Waals surface area contributed by atoms with E-state index >= 15 is 0 Å². The first-order chi connectivity index (χ1) is 9.48. The molecule has 7 nitrogen and oxygen atoms in total. The fourth-order valence-corrected chi connectivity index (χ4v) is 3.98. The first-order valence-corrected chi connectivity index (χ1v) is 8.32. The van der Waals surface area contributed by atoms with Gasteiger partial charge in [0, 0.05) is 24.9 Å². The number of nitrogens with zero attached hydrogens (tertiary/aromatic N) is 2. The third-order valence-electron chi connectivity index (χ3n) is 3.52. The number of carboxylic acids is 1. The van der Waals surface area contributed by atoms with E-state index in [0.29, 0.717) is 0 Å². The lowest BCUT2D eigenvalue weighted by molar-refractivity contribution is -0.137. The van der Waals surface area contributed by atoms with E-state index in [1.54, 1.807) is 12.5 Å². The molecule has 1 aliphatic carbocycles. The van der Waals surface area contributed by atoms with E-state index in [1.165, 1.54) is 0 Å². The van der Waals surface area contributed by atoms with Crippen LogP contribution in [0.2, 0.25) is 0 Å². The minimum atomic E-state index is -3.43. The van der Waals surface area contributed by atoms with Gasteiger partial charge < -0.3 is 9.67 Å². The van der Waals surface area contributed by atoms with Crippen molar-refractivity contribution >= 4 is 16.0 Å². The fraction of sp³-hybridized carbons (Fsp3) is 0.667. The van der Waals surface area contributed by atoms with Crippen LogP contribution in [0, 0.1) is 0 Å².